The average molecular weight is 509 g/mol. The van der Waals surface area contributed by atoms with Crippen molar-refractivity contribution in [3.63, 3.8) is 0 Å². The monoisotopic (exact) mass is 508 g/mol. The lowest BCUT2D eigenvalue weighted by Crippen LogP contribution is -2.42. The van der Waals surface area contributed by atoms with E-state index in [2.05, 4.69) is 22.0 Å². The van der Waals surface area contributed by atoms with Crippen LogP contribution in [0.25, 0.3) is 0 Å². The van der Waals surface area contributed by atoms with E-state index in [9.17, 15) is 9.36 Å². The summed E-state index contributed by atoms with van der Waals surface area (Å²) in [6.45, 7) is 7.94. The molecule has 2 aromatic rings. The highest BCUT2D eigenvalue weighted by Gasteiger charge is 2.35. The van der Waals surface area contributed by atoms with Crippen LogP contribution in [0.15, 0.2) is 42.6 Å². The number of aromatic nitrogens is 2. The molecule has 11 heteroatoms. The van der Waals surface area contributed by atoms with Gasteiger partial charge >= 0.3 is 19.5 Å². The molecule has 3 N–H and O–H groups in total. The molecule has 1 aromatic heterocycles. The van der Waals surface area contributed by atoms with Crippen molar-refractivity contribution in [3.05, 3.63) is 42.6 Å². The minimum Gasteiger partial charge on any atom is -0.465 e. The lowest BCUT2D eigenvalue weighted by molar-refractivity contribution is -0.147. The van der Waals surface area contributed by atoms with Gasteiger partial charge in [0.1, 0.15) is 30.6 Å². The highest BCUT2D eigenvalue weighted by atomic mass is 31.2. The summed E-state index contributed by atoms with van der Waals surface area (Å²) in [5.74, 6) is 0.0173. The molecule has 0 aliphatic rings. The van der Waals surface area contributed by atoms with E-state index in [0.717, 1.165) is 19.3 Å². The summed E-state index contributed by atoms with van der Waals surface area (Å²) in [5, 5.41) is 2.91. The third kappa shape index (κ3) is 10.6. The first-order valence-corrected chi connectivity index (χ1v) is 13.6. The third-order valence-corrected chi connectivity index (χ3v) is 6.54. The van der Waals surface area contributed by atoms with Crippen molar-refractivity contribution in [2.24, 2.45) is 5.92 Å². The molecule has 0 bridgehead atoms. The van der Waals surface area contributed by atoms with Crippen molar-refractivity contribution < 1.29 is 28.1 Å². The summed E-state index contributed by atoms with van der Waals surface area (Å²) >= 11 is 0. The fourth-order valence-corrected chi connectivity index (χ4v) is 4.85. The van der Waals surface area contributed by atoms with Crippen molar-refractivity contribution in [3.8, 4) is 11.8 Å². The number of carbonyl (C=O) groups excluding carboxylic acids is 1. The minimum atomic E-state index is -3.69. The van der Waals surface area contributed by atoms with Crippen LogP contribution in [0.1, 0.15) is 47.0 Å². The first-order chi connectivity index (χ1) is 16.7. The molecule has 35 heavy (non-hydrogen) atoms. The van der Waals surface area contributed by atoms with Gasteiger partial charge < -0.3 is 24.5 Å². The number of anilines is 1. The van der Waals surface area contributed by atoms with Crippen molar-refractivity contribution in [2.45, 2.75) is 59.1 Å². The summed E-state index contributed by atoms with van der Waals surface area (Å²) in [4.78, 5) is 20.7. The molecule has 0 spiro atoms. The number of hydrogen-bond acceptors (Lipinski definition) is 9. The molecule has 3 atom stereocenters. The maximum absolute atomic E-state index is 13.9. The highest BCUT2D eigenvalue weighted by Crippen LogP contribution is 2.44. The molecule has 0 fully saturated rings. The first kappa shape index (κ1) is 28.6. The van der Waals surface area contributed by atoms with E-state index in [4.69, 9.17) is 24.5 Å². The molecule has 0 aliphatic carbocycles. The Morgan fingerprint density at radius 2 is 1.89 bits per heavy atom. The van der Waals surface area contributed by atoms with E-state index in [1.807, 2.05) is 19.9 Å². The normalized spacial score (nSPS) is 14.7. The maximum atomic E-state index is 13.9. The van der Waals surface area contributed by atoms with Crippen molar-refractivity contribution >= 4 is 19.3 Å². The first-order valence-electron chi connectivity index (χ1n) is 11.8. The number of carbonyl (C=O) groups is 1. The number of nitrogen functional groups attached to an aromatic ring is 1. The number of rotatable bonds is 16. The van der Waals surface area contributed by atoms with Crippen LogP contribution in [0, 0.1) is 5.92 Å². The SMILES string of the molecule is CCCCCOC(=O)[C@@H](NP(=O)(CO[C@H](C)COc1nccc(N)n1)Oc1ccccc1)C(C)C. The summed E-state index contributed by atoms with van der Waals surface area (Å²) in [6, 6.07) is 9.57. The molecule has 1 heterocycles. The molecule has 10 nitrogen and oxygen atoms in total. The second-order valence-electron chi connectivity index (χ2n) is 8.48. The zero-order valence-corrected chi connectivity index (χ0v) is 21.8. The molecular formula is C24H37N4O6P. The Morgan fingerprint density at radius 3 is 2.54 bits per heavy atom. The Hall–Kier alpha value is -2.68. The Labute approximate surface area is 207 Å². The molecule has 0 radical (unpaired) electrons. The molecule has 0 saturated heterocycles. The van der Waals surface area contributed by atoms with Crippen LogP contribution >= 0.6 is 7.52 Å². The van der Waals surface area contributed by atoms with Crippen LogP contribution in [-0.4, -0.2) is 47.6 Å². The van der Waals surface area contributed by atoms with E-state index in [1.54, 1.807) is 37.3 Å². The van der Waals surface area contributed by atoms with Gasteiger partial charge in [-0.1, -0.05) is 51.8 Å². The van der Waals surface area contributed by atoms with Gasteiger partial charge in [0.2, 0.25) is 0 Å². The predicted molar refractivity (Wildman–Crippen MR) is 134 cm³/mol. The second-order valence-corrected chi connectivity index (χ2v) is 10.5. The van der Waals surface area contributed by atoms with E-state index >= 15 is 0 Å². The van der Waals surface area contributed by atoms with Crippen molar-refractivity contribution in [1.82, 2.24) is 15.1 Å². The van der Waals surface area contributed by atoms with Gasteiger partial charge in [-0.25, -0.2) is 10.1 Å². The van der Waals surface area contributed by atoms with Crippen LogP contribution < -0.4 is 20.1 Å². The Balaban J connectivity index is 2.06. The van der Waals surface area contributed by atoms with Crippen LogP contribution in [0.5, 0.6) is 11.8 Å². The van der Waals surface area contributed by atoms with Crippen molar-refractivity contribution in [1.29, 1.82) is 0 Å². The number of nitrogens with one attached hydrogen (secondary N) is 1. The van der Waals surface area contributed by atoms with Crippen LogP contribution in [0.2, 0.25) is 0 Å². The lowest BCUT2D eigenvalue weighted by atomic mass is 10.1. The van der Waals surface area contributed by atoms with Crippen LogP contribution in [0.4, 0.5) is 5.82 Å². The van der Waals surface area contributed by atoms with E-state index in [0.29, 0.717) is 12.4 Å². The smallest absolute Gasteiger partial charge is 0.342 e. The number of nitrogens with zero attached hydrogens (tertiary/aromatic N) is 2. The number of esters is 1. The number of hydrogen-bond donors (Lipinski definition) is 2. The fraction of sp³-hybridized carbons (Fsp3) is 0.542. The maximum Gasteiger partial charge on any atom is 0.342 e. The van der Waals surface area contributed by atoms with Gasteiger partial charge in [0.05, 0.1) is 12.7 Å². The summed E-state index contributed by atoms with van der Waals surface area (Å²) < 4.78 is 36.4. The number of ether oxygens (including phenoxy) is 3. The van der Waals surface area contributed by atoms with Gasteiger partial charge in [-0.2, -0.15) is 4.98 Å². The van der Waals surface area contributed by atoms with Gasteiger partial charge in [-0.15, -0.1) is 0 Å². The van der Waals surface area contributed by atoms with Gasteiger partial charge in [-0.3, -0.25) is 9.36 Å². The van der Waals surface area contributed by atoms with Gasteiger partial charge in [0.15, 0.2) is 0 Å². The van der Waals surface area contributed by atoms with Gasteiger partial charge in [0.25, 0.3) is 0 Å². The topological polar surface area (TPSA) is 135 Å². The summed E-state index contributed by atoms with van der Waals surface area (Å²) in [6.07, 6.45) is 3.48. The van der Waals surface area contributed by atoms with Gasteiger partial charge in [0, 0.05) is 6.20 Å². The molecule has 194 valence electrons. The average Bonchev–Trinajstić information content (AvgIpc) is 2.83. The quantitative estimate of drug-likeness (QED) is 0.191. The van der Waals surface area contributed by atoms with E-state index in [-0.39, 0.29) is 30.7 Å². The van der Waals surface area contributed by atoms with Crippen LogP contribution in [-0.2, 0) is 18.8 Å². The minimum absolute atomic E-state index is 0.0991. The molecule has 1 aromatic carbocycles. The second kappa shape index (κ2) is 14.7. The molecule has 1 unspecified atom stereocenters. The third-order valence-electron chi connectivity index (χ3n) is 4.88. The highest BCUT2D eigenvalue weighted by molar-refractivity contribution is 7.57. The zero-order chi connectivity index (χ0) is 25.7. The predicted octanol–water partition coefficient (Wildman–Crippen LogP) is 4.42. The van der Waals surface area contributed by atoms with E-state index < -0.39 is 25.6 Å². The Bertz CT molecular complexity index is 947. The molecule has 0 saturated carbocycles. The molecule has 0 aliphatic heterocycles. The van der Waals surface area contributed by atoms with Crippen molar-refractivity contribution in [2.75, 3.05) is 25.3 Å². The number of nitrogens with two attached hydrogens (primary N) is 1. The number of para-hydroxylation sites is 1. The fourth-order valence-electron chi connectivity index (χ4n) is 2.93. The molecular weight excluding hydrogens is 471 g/mol. The zero-order valence-electron chi connectivity index (χ0n) is 20.9. The molecule has 2 rings (SSSR count). The number of benzene rings is 1. The summed E-state index contributed by atoms with van der Waals surface area (Å²) in [5.41, 5.74) is 5.63. The molecule has 0 amide bonds. The summed E-state index contributed by atoms with van der Waals surface area (Å²) in [7, 11) is -3.69. The number of unbranched alkanes of at least 4 members (excludes halogenated alkanes) is 2. The standard InChI is InChI=1S/C24H37N4O6P/c1-5-6-10-15-31-23(29)22(18(2)3)28-35(30,34-20-11-8-7-9-12-20)17-33-19(4)16-32-24-26-14-13-21(25)27-24/h7-9,11-14,18-19,22H,5-6,10,15-17H2,1-4H3,(H,28,30)(H2,25,26,27)/t19-,22+,35?/m1/s1. The largest absolute Gasteiger partial charge is 0.465 e. The Morgan fingerprint density at radius 1 is 1.14 bits per heavy atom. The lowest BCUT2D eigenvalue weighted by Gasteiger charge is -2.28. The van der Waals surface area contributed by atoms with Crippen LogP contribution in [0.3, 0.4) is 0 Å². The Kier molecular flexibility index (Phi) is 12.0. The van der Waals surface area contributed by atoms with Gasteiger partial charge in [-0.05, 0) is 37.5 Å². The van der Waals surface area contributed by atoms with E-state index in [1.165, 1.54) is 6.20 Å².